The molecule has 0 heterocycles. The highest BCUT2D eigenvalue weighted by atomic mass is 19.2. The summed E-state index contributed by atoms with van der Waals surface area (Å²) in [5, 5.41) is 1.69. The van der Waals surface area contributed by atoms with Gasteiger partial charge in [0.2, 0.25) is 5.91 Å². The largest absolute Gasteiger partial charge is 0.321 e. The number of hydrogen-bond acceptors (Lipinski definition) is 2. The lowest BCUT2D eigenvalue weighted by Crippen LogP contribution is -2.16. The fourth-order valence-electron chi connectivity index (χ4n) is 1.17. The molecule has 1 amide bonds. The van der Waals surface area contributed by atoms with Gasteiger partial charge in [-0.05, 0) is 6.92 Å². The van der Waals surface area contributed by atoms with Crippen molar-refractivity contribution in [2.45, 2.75) is 19.8 Å². The monoisotopic (exact) mass is 263 g/mol. The van der Waals surface area contributed by atoms with Crippen LogP contribution in [0.2, 0.25) is 0 Å². The van der Waals surface area contributed by atoms with Crippen molar-refractivity contribution in [1.29, 1.82) is 0 Å². The van der Waals surface area contributed by atoms with Crippen molar-refractivity contribution in [3.05, 3.63) is 29.3 Å². The molecule has 0 aliphatic heterocycles. The first kappa shape index (κ1) is 14.1. The molecule has 0 saturated carbocycles. The van der Waals surface area contributed by atoms with Crippen LogP contribution in [-0.2, 0) is 9.59 Å². The molecule has 0 fully saturated rings. The molecule has 98 valence electrons. The number of amides is 1. The molecule has 0 aliphatic carbocycles. The second kappa shape index (κ2) is 5.61. The Morgan fingerprint density at radius 1 is 1.06 bits per heavy atom. The van der Waals surface area contributed by atoms with E-state index in [-0.39, 0.29) is 24.7 Å². The van der Waals surface area contributed by atoms with Gasteiger partial charge in [-0.15, -0.1) is 0 Å². The Hall–Kier alpha value is -1.92. The van der Waals surface area contributed by atoms with E-state index in [1.165, 1.54) is 6.92 Å². The van der Waals surface area contributed by atoms with E-state index in [2.05, 4.69) is 0 Å². The molecule has 1 aromatic carbocycles. The summed E-state index contributed by atoms with van der Waals surface area (Å²) in [5.41, 5.74) is -1.19. The number of Topliss-reactive ketones (excluding diaryl/α,β-unsaturated/α-hetero) is 1. The molecule has 0 radical (unpaired) electrons. The van der Waals surface area contributed by atoms with Gasteiger partial charge in [0.1, 0.15) is 11.5 Å². The lowest BCUT2D eigenvalue weighted by Gasteiger charge is -2.08. The molecule has 0 unspecified atom stereocenters. The summed E-state index contributed by atoms with van der Waals surface area (Å²) >= 11 is 0. The Kier molecular flexibility index (Phi) is 4.41. The first-order valence-corrected chi connectivity index (χ1v) is 4.95. The number of halogens is 4. The molecule has 18 heavy (non-hydrogen) atoms. The highest BCUT2D eigenvalue weighted by Crippen LogP contribution is 2.24. The van der Waals surface area contributed by atoms with Gasteiger partial charge in [0.25, 0.3) is 0 Å². The van der Waals surface area contributed by atoms with E-state index in [9.17, 15) is 27.2 Å². The van der Waals surface area contributed by atoms with E-state index in [0.29, 0.717) is 0 Å². The van der Waals surface area contributed by atoms with Crippen LogP contribution in [-0.4, -0.2) is 11.7 Å². The number of benzene rings is 1. The summed E-state index contributed by atoms with van der Waals surface area (Å²) in [6, 6.07) is 0.0376. The fourth-order valence-corrected chi connectivity index (χ4v) is 1.17. The first-order valence-electron chi connectivity index (χ1n) is 4.95. The average molecular weight is 263 g/mol. The number of hydrogen-bond donors (Lipinski definition) is 1. The van der Waals surface area contributed by atoms with Crippen molar-refractivity contribution in [3.8, 4) is 0 Å². The Morgan fingerprint density at radius 3 is 2.00 bits per heavy atom. The van der Waals surface area contributed by atoms with Crippen LogP contribution in [0.4, 0.5) is 23.2 Å². The maximum atomic E-state index is 13.1. The van der Waals surface area contributed by atoms with E-state index in [1.807, 2.05) is 0 Å². The highest BCUT2D eigenvalue weighted by molar-refractivity contribution is 5.93. The Bertz CT molecular complexity index is 476. The lowest BCUT2D eigenvalue weighted by atomic mass is 10.2. The standard InChI is InChI=1S/C11H9F4NO2/c1-5(17)2-3-8(18)16-11-9(14)6(12)4-7(13)10(11)15/h4H,2-3H2,1H3,(H,16,18). The number of carbonyl (C=O) groups is 2. The zero-order valence-electron chi connectivity index (χ0n) is 9.32. The fraction of sp³-hybridized carbons (Fsp3) is 0.273. The van der Waals surface area contributed by atoms with Gasteiger partial charge in [0, 0.05) is 18.9 Å². The summed E-state index contributed by atoms with van der Waals surface area (Å²) in [4.78, 5) is 21.8. The Balaban J connectivity index is 2.90. The maximum Gasteiger partial charge on any atom is 0.224 e. The van der Waals surface area contributed by atoms with E-state index >= 15 is 0 Å². The molecule has 0 atom stereocenters. The number of nitrogens with one attached hydrogen (secondary N) is 1. The number of ketones is 1. The minimum Gasteiger partial charge on any atom is -0.321 e. The predicted octanol–water partition coefficient (Wildman–Crippen LogP) is 2.55. The topological polar surface area (TPSA) is 46.2 Å². The second-order valence-electron chi connectivity index (χ2n) is 3.59. The molecule has 3 nitrogen and oxygen atoms in total. The van der Waals surface area contributed by atoms with Crippen molar-refractivity contribution in [2.75, 3.05) is 5.32 Å². The van der Waals surface area contributed by atoms with Crippen LogP contribution in [0.25, 0.3) is 0 Å². The van der Waals surface area contributed by atoms with E-state index in [4.69, 9.17) is 0 Å². The van der Waals surface area contributed by atoms with Gasteiger partial charge in [0.15, 0.2) is 23.3 Å². The van der Waals surface area contributed by atoms with Gasteiger partial charge in [-0.3, -0.25) is 4.79 Å². The Morgan fingerprint density at radius 2 is 1.56 bits per heavy atom. The first-order chi connectivity index (χ1) is 8.32. The number of rotatable bonds is 4. The quantitative estimate of drug-likeness (QED) is 0.670. The number of carbonyl (C=O) groups excluding carboxylic acids is 2. The normalized spacial score (nSPS) is 10.3. The van der Waals surface area contributed by atoms with Gasteiger partial charge in [0.05, 0.1) is 0 Å². The molecule has 1 aromatic rings. The van der Waals surface area contributed by atoms with Crippen LogP contribution in [0.1, 0.15) is 19.8 Å². The second-order valence-corrected chi connectivity index (χ2v) is 3.59. The average Bonchev–Trinajstić information content (AvgIpc) is 2.29. The number of anilines is 1. The minimum absolute atomic E-state index is 0.0376. The zero-order valence-corrected chi connectivity index (χ0v) is 9.32. The van der Waals surface area contributed by atoms with Gasteiger partial charge in [-0.25, -0.2) is 17.6 Å². The van der Waals surface area contributed by atoms with Crippen LogP contribution in [0.15, 0.2) is 6.07 Å². The van der Waals surface area contributed by atoms with E-state index in [0.717, 1.165) is 0 Å². The molecule has 7 heteroatoms. The molecule has 1 rings (SSSR count). The molecule has 0 saturated heterocycles. The molecule has 1 N–H and O–H groups in total. The smallest absolute Gasteiger partial charge is 0.224 e. The van der Waals surface area contributed by atoms with E-state index < -0.39 is 34.9 Å². The van der Waals surface area contributed by atoms with Crippen molar-refractivity contribution < 1.29 is 27.2 Å². The van der Waals surface area contributed by atoms with Crippen molar-refractivity contribution in [2.24, 2.45) is 0 Å². The van der Waals surface area contributed by atoms with Crippen molar-refractivity contribution >= 4 is 17.4 Å². The van der Waals surface area contributed by atoms with Crippen LogP contribution < -0.4 is 5.32 Å². The summed E-state index contributed by atoms with van der Waals surface area (Å²) in [5.74, 6) is -7.81. The SMILES string of the molecule is CC(=O)CCC(=O)Nc1c(F)c(F)cc(F)c1F. The van der Waals surface area contributed by atoms with Crippen molar-refractivity contribution in [3.63, 3.8) is 0 Å². The summed E-state index contributed by atoms with van der Waals surface area (Å²) in [7, 11) is 0. The Labute approximate surface area is 99.8 Å². The van der Waals surface area contributed by atoms with Gasteiger partial charge in [-0.2, -0.15) is 0 Å². The minimum atomic E-state index is -1.69. The van der Waals surface area contributed by atoms with Crippen LogP contribution >= 0.6 is 0 Å². The molecule has 0 spiro atoms. The molecule has 0 aliphatic rings. The van der Waals surface area contributed by atoms with Gasteiger partial charge >= 0.3 is 0 Å². The van der Waals surface area contributed by atoms with Gasteiger partial charge < -0.3 is 10.1 Å². The molecular weight excluding hydrogens is 254 g/mol. The van der Waals surface area contributed by atoms with E-state index in [1.54, 1.807) is 5.32 Å². The molecular formula is C11H9F4NO2. The summed E-state index contributed by atoms with van der Waals surface area (Å²) in [6.07, 6.45) is -0.459. The summed E-state index contributed by atoms with van der Waals surface area (Å²) in [6.45, 7) is 1.23. The third-order valence-corrected chi connectivity index (χ3v) is 2.08. The predicted molar refractivity (Wildman–Crippen MR) is 54.8 cm³/mol. The van der Waals surface area contributed by atoms with Crippen molar-refractivity contribution in [1.82, 2.24) is 0 Å². The third kappa shape index (κ3) is 3.28. The summed E-state index contributed by atoms with van der Waals surface area (Å²) < 4.78 is 51.9. The molecule has 0 aromatic heterocycles. The van der Waals surface area contributed by atoms with Gasteiger partial charge in [-0.1, -0.05) is 0 Å². The lowest BCUT2D eigenvalue weighted by molar-refractivity contribution is -0.121. The molecule has 0 bridgehead atoms. The zero-order chi connectivity index (χ0) is 13.9. The van der Waals surface area contributed by atoms with Crippen LogP contribution in [0.5, 0.6) is 0 Å². The third-order valence-electron chi connectivity index (χ3n) is 2.08. The van der Waals surface area contributed by atoms with Crippen LogP contribution in [0, 0.1) is 23.3 Å². The maximum absolute atomic E-state index is 13.1. The van der Waals surface area contributed by atoms with Crippen LogP contribution in [0.3, 0.4) is 0 Å². The highest BCUT2D eigenvalue weighted by Gasteiger charge is 2.20.